The Labute approximate surface area is 143 Å². The normalized spacial score (nSPS) is 31.0. The summed E-state index contributed by atoms with van der Waals surface area (Å²) in [6.07, 6.45) is -0.738. The van der Waals surface area contributed by atoms with Crippen molar-refractivity contribution in [3.63, 3.8) is 0 Å². The second-order valence-electron chi connectivity index (χ2n) is 6.12. The molecule has 134 valence electrons. The molecule has 0 aromatic heterocycles. The maximum Gasteiger partial charge on any atom is 0.338 e. The molecule has 2 aliphatic rings. The van der Waals surface area contributed by atoms with Crippen LogP contribution >= 0.6 is 0 Å². The zero-order chi connectivity index (χ0) is 18.2. The number of phenols is 1. The third kappa shape index (κ3) is 3.31. The Hall–Kier alpha value is -2.58. The summed E-state index contributed by atoms with van der Waals surface area (Å²) in [6, 6.07) is 4.54. The molecule has 3 N–H and O–H groups in total. The summed E-state index contributed by atoms with van der Waals surface area (Å²) in [6.45, 7) is 0. The Morgan fingerprint density at radius 1 is 1.40 bits per heavy atom. The standard InChI is InChI=1S/C17H18O8/c1-23-12-6-9(2-4-10(12)18)3-5-14(20)25-15-11(19)7-17(22)8-13(15)24-16(17)21/h2-6,11,13,15,18-19,22H,7-8H2,1H3. The molecule has 1 aromatic carbocycles. The molecule has 2 bridgehead atoms. The highest BCUT2D eigenvalue weighted by Gasteiger charge is 2.58. The third-order valence-electron chi connectivity index (χ3n) is 4.34. The first kappa shape index (κ1) is 17.2. The average molecular weight is 350 g/mol. The van der Waals surface area contributed by atoms with Gasteiger partial charge in [-0.2, -0.15) is 0 Å². The molecule has 1 aromatic rings. The smallest absolute Gasteiger partial charge is 0.338 e. The van der Waals surface area contributed by atoms with Crippen LogP contribution in [-0.2, 0) is 19.1 Å². The molecule has 1 saturated carbocycles. The van der Waals surface area contributed by atoms with Gasteiger partial charge in [-0.25, -0.2) is 9.59 Å². The van der Waals surface area contributed by atoms with Crippen molar-refractivity contribution in [2.75, 3.05) is 7.11 Å². The number of rotatable bonds is 4. The lowest BCUT2D eigenvalue weighted by Gasteiger charge is -2.32. The van der Waals surface area contributed by atoms with Crippen LogP contribution < -0.4 is 4.74 Å². The quantitative estimate of drug-likeness (QED) is 0.518. The maximum absolute atomic E-state index is 12.0. The Morgan fingerprint density at radius 3 is 2.88 bits per heavy atom. The van der Waals surface area contributed by atoms with Gasteiger partial charge >= 0.3 is 11.9 Å². The van der Waals surface area contributed by atoms with Crippen molar-refractivity contribution in [2.45, 2.75) is 36.8 Å². The number of methoxy groups -OCH3 is 1. The first-order valence-corrected chi connectivity index (χ1v) is 7.69. The summed E-state index contributed by atoms with van der Waals surface area (Å²) >= 11 is 0. The van der Waals surface area contributed by atoms with Crippen molar-refractivity contribution >= 4 is 18.0 Å². The van der Waals surface area contributed by atoms with Gasteiger partial charge in [0.05, 0.1) is 13.2 Å². The number of fused-ring (bicyclic) bond motifs is 2. The minimum atomic E-state index is -1.70. The number of aliphatic hydroxyl groups excluding tert-OH is 1. The molecule has 8 heteroatoms. The highest BCUT2D eigenvalue weighted by Crippen LogP contribution is 2.39. The van der Waals surface area contributed by atoms with Crippen LogP contribution in [0.3, 0.4) is 0 Å². The zero-order valence-electron chi connectivity index (χ0n) is 13.4. The lowest BCUT2D eigenvalue weighted by Crippen LogP contribution is -2.50. The predicted molar refractivity (Wildman–Crippen MR) is 83.6 cm³/mol. The van der Waals surface area contributed by atoms with Gasteiger partial charge in [-0.15, -0.1) is 0 Å². The van der Waals surface area contributed by atoms with Gasteiger partial charge < -0.3 is 29.5 Å². The number of aromatic hydroxyl groups is 1. The number of hydrogen-bond donors (Lipinski definition) is 3. The molecule has 1 heterocycles. The molecule has 25 heavy (non-hydrogen) atoms. The minimum absolute atomic E-state index is 0.0142. The van der Waals surface area contributed by atoms with Gasteiger partial charge in [0, 0.05) is 18.9 Å². The number of ether oxygens (including phenoxy) is 3. The number of benzene rings is 1. The first-order chi connectivity index (χ1) is 11.8. The van der Waals surface area contributed by atoms with E-state index in [-0.39, 0.29) is 24.3 Å². The van der Waals surface area contributed by atoms with E-state index in [9.17, 15) is 24.9 Å². The van der Waals surface area contributed by atoms with Crippen LogP contribution in [-0.4, -0.2) is 58.3 Å². The third-order valence-corrected chi connectivity index (χ3v) is 4.34. The van der Waals surface area contributed by atoms with E-state index < -0.39 is 35.9 Å². The summed E-state index contributed by atoms with van der Waals surface area (Å²) in [4.78, 5) is 23.6. The second kappa shape index (κ2) is 6.38. The van der Waals surface area contributed by atoms with Crippen LogP contribution in [0.2, 0.25) is 0 Å². The lowest BCUT2D eigenvalue weighted by molar-refractivity contribution is -0.165. The topological polar surface area (TPSA) is 123 Å². The van der Waals surface area contributed by atoms with Crippen molar-refractivity contribution in [1.29, 1.82) is 0 Å². The fourth-order valence-electron chi connectivity index (χ4n) is 3.05. The Balaban J connectivity index is 1.66. The van der Waals surface area contributed by atoms with Gasteiger partial charge in [-0.05, 0) is 23.8 Å². The Morgan fingerprint density at radius 2 is 2.16 bits per heavy atom. The fourth-order valence-corrected chi connectivity index (χ4v) is 3.05. The monoisotopic (exact) mass is 350 g/mol. The van der Waals surface area contributed by atoms with Crippen LogP contribution in [0.25, 0.3) is 6.08 Å². The van der Waals surface area contributed by atoms with Gasteiger partial charge in [-0.1, -0.05) is 6.07 Å². The summed E-state index contributed by atoms with van der Waals surface area (Å²) in [5, 5.41) is 29.6. The van der Waals surface area contributed by atoms with Gasteiger partial charge in [-0.3, -0.25) is 0 Å². The van der Waals surface area contributed by atoms with Crippen LogP contribution in [0.1, 0.15) is 18.4 Å². The SMILES string of the molecule is COc1cc(C=CC(=O)OC2C(O)CC3(O)CC2OC3=O)ccc1O. The van der Waals surface area contributed by atoms with Crippen LogP contribution in [0.4, 0.5) is 0 Å². The van der Waals surface area contributed by atoms with E-state index in [1.54, 1.807) is 6.07 Å². The van der Waals surface area contributed by atoms with Crippen LogP contribution in [0.15, 0.2) is 24.3 Å². The van der Waals surface area contributed by atoms with E-state index in [4.69, 9.17) is 14.2 Å². The highest BCUT2D eigenvalue weighted by atomic mass is 16.6. The number of hydrogen-bond acceptors (Lipinski definition) is 8. The van der Waals surface area contributed by atoms with Crippen molar-refractivity contribution < 1.29 is 39.1 Å². The predicted octanol–water partition coefficient (Wildman–Crippen LogP) is 0.137. The van der Waals surface area contributed by atoms with Crippen molar-refractivity contribution in [3.05, 3.63) is 29.8 Å². The van der Waals surface area contributed by atoms with Crippen molar-refractivity contribution in [1.82, 2.24) is 0 Å². The molecule has 0 amide bonds. The molecule has 3 rings (SSSR count). The van der Waals surface area contributed by atoms with E-state index in [0.29, 0.717) is 5.56 Å². The molecule has 1 aliphatic carbocycles. The van der Waals surface area contributed by atoms with E-state index in [2.05, 4.69) is 0 Å². The van der Waals surface area contributed by atoms with Crippen LogP contribution in [0, 0.1) is 0 Å². The molecule has 1 aliphatic heterocycles. The van der Waals surface area contributed by atoms with Crippen LogP contribution in [0.5, 0.6) is 11.5 Å². The summed E-state index contributed by atoms with van der Waals surface area (Å²) < 4.78 is 15.1. The number of esters is 2. The van der Waals surface area contributed by atoms with E-state index in [1.807, 2.05) is 0 Å². The summed E-state index contributed by atoms with van der Waals surface area (Å²) in [7, 11) is 1.41. The second-order valence-corrected chi connectivity index (χ2v) is 6.12. The summed E-state index contributed by atoms with van der Waals surface area (Å²) in [5.74, 6) is -1.30. The molecule has 4 unspecified atom stereocenters. The zero-order valence-corrected chi connectivity index (χ0v) is 13.4. The maximum atomic E-state index is 12.0. The minimum Gasteiger partial charge on any atom is -0.504 e. The average Bonchev–Trinajstić information content (AvgIpc) is 2.81. The van der Waals surface area contributed by atoms with Gasteiger partial charge in [0.15, 0.2) is 23.2 Å². The molecule has 8 nitrogen and oxygen atoms in total. The van der Waals surface area contributed by atoms with E-state index in [1.165, 1.54) is 25.3 Å². The molecular weight excluding hydrogens is 332 g/mol. The Kier molecular flexibility index (Phi) is 4.40. The lowest BCUT2D eigenvalue weighted by atomic mass is 9.82. The molecule has 1 saturated heterocycles. The number of aliphatic hydroxyl groups is 2. The first-order valence-electron chi connectivity index (χ1n) is 7.69. The Bertz CT molecular complexity index is 727. The molecule has 0 radical (unpaired) electrons. The fraction of sp³-hybridized carbons (Fsp3) is 0.412. The molecule has 2 fully saturated rings. The molecule has 0 spiro atoms. The largest absolute Gasteiger partial charge is 0.504 e. The van der Waals surface area contributed by atoms with E-state index >= 15 is 0 Å². The van der Waals surface area contributed by atoms with Gasteiger partial charge in [0.2, 0.25) is 0 Å². The summed E-state index contributed by atoms with van der Waals surface area (Å²) in [5.41, 5.74) is -1.11. The number of carbonyl (C=O) groups excluding carboxylic acids is 2. The number of phenolic OH excluding ortho intramolecular Hbond substituents is 1. The molecule has 4 atom stereocenters. The van der Waals surface area contributed by atoms with Crippen molar-refractivity contribution in [2.24, 2.45) is 0 Å². The molecular formula is C17H18O8. The van der Waals surface area contributed by atoms with Gasteiger partial charge in [0.1, 0.15) is 6.10 Å². The highest BCUT2D eigenvalue weighted by molar-refractivity contribution is 5.87. The van der Waals surface area contributed by atoms with Gasteiger partial charge in [0.25, 0.3) is 0 Å². The van der Waals surface area contributed by atoms with E-state index in [0.717, 1.165) is 6.08 Å². The van der Waals surface area contributed by atoms with Crippen molar-refractivity contribution in [3.8, 4) is 11.5 Å². The number of carbonyl (C=O) groups is 2.